The van der Waals surface area contributed by atoms with Crippen molar-refractivity contribution in [2.45, 2.75) is 69.5 Å². The van der Waals surface area contributed by atoms with E-state index in [9.17, 15) is 19.5 Å². The van der Waals surface area contributed by atoms with Crippen LogP contribution in [-0.4, -0.2) is 69.6 Å². The molecular weight excluding hydrogens is 524 g/mol. The minimum atomic E-state index is -0.869. The molecule has 38 heavy (non-hydrogen) atoms. The number of carbonyl (C=O) groups excluding carboxylic acids is 3. The van der Waals surface area contributed by atoms with E-state index in [0.29, 0.717) is 10.7 Å². The summed E-state index contributed by atoms with van der Waals surface area (Å²) >= 11 is 8.24. The average Bonchev–Trinajstić information content (AvgIpc) is 3.47. The van der Waals surface area contributed by atoms with Crippen LogP contribution in [0.15, 0.2) is 30.9 Å². The number of fused-ring (bicyclic) bond motifs is 1. The van der Waals surface area contributed by atoms with Gasteiger partial charge < -0.3 is 19.6 Å². The van der Waals surface area contributed by atoms with Gasteiger partial charge in [0.1, 0.15) is 6.04 Å². The molecule has 8 atom stereocenters. The molecule has 3 aliphatic rings. The molecule has 1 aromatic rings. The average molecular weight is 563 g/mol. The van der Waals surface area contributed by atoms with Crippen molar-refractivity contribution >= 4 is 46.8 Å². The molecule has 2 bridgehead atoms. The molecule has 1 spiro atoms. The number of rotatable bonds is 10. The number of hydrogen-bond donors (Lipinski definition) is 1. The Morgan fingerprint density at radius 1 is 1.39 bits per heavy atom. The summed E-state index contributed by atoms with van der Waals surface area (Å²) < 4.78 is 4.63. The van der Waals surface area contributed by atoms with Gasteiger partial charge in [0, 0.05) is 11.8 Å². The molecule has 3 heterocycles. The van der Waals surface area contributed by atoms with Crippen molar-refractivity contribution in [2.24, 2.45) is 23.7 Å². The fourth-order valence-electron chi connectivity index (χ4n) is 6.95. The lowest BCUT2D eigenvalue weighted by Crippen LogP contribution is -2.60. The van der Waals surface area contributed by atoms with Crippen LogP contribution in [0.5, 0.6) is 0 Å². The third kappa shape index (κ3) is 4.27. The fraction of sp³-hybridized carbons (Fsp3) is 0.621. The summed E-state index contributed by atoms with van der Waals surface area (Å²) in [6, 6.07) is 4.05. The van der Waals surface area contributed by atoms with E-state index in [1.54, 1.807) is 40.6 Å². The monoisotopic (exact) mass is 562 g/mol. The van der Waals surface area contributed by atoms with Gasteiger partial charge in [0.25, 0.3) is 5.91 Å². The minimum absolute atomic E-state index is 0.00488. The topological polar surface area (TPSA) is 87.2 Å². The Hall–Kier alpha value is -2.03. The molecule has 0 saturated carbocycles. The number of para-hydroxylation sites is 1. The molecule has 208 valence electrons. The number of ether oxygens (including phenoxy) is 1. The molecule has 3 unspecified atom stereocenters. The summed E-state index contributed by atoms with van der Waals surface area (Å²) in [7, 11) is 0. The third-order valence-electron chi connectivity index (χ3n) is 8.86. The van der Waals surface area contributed by atoms with Crippen molar-refractivity contribution < 1.29 is 24.2 Å². The minimum Gasteiger partial charge on any atom is -0.466 e. The number of likely N-dealkylation sites (tertiary alicyclic amines) is 1. The second kappa shape index (κ2) is 11.2. The highest BCUT2D eigenvalue weighted by molar-refractivity contribution is 8.02. The molecule has 0 aromatic heterocycles. The van der Waals surface area contributed by atoms with Crippen LogP contribution in [0.2, 0.25) is 5.02 Å². The number of hydrogen-bond acceptors (Lipinski definition) is 6. The Balaban J connectivity index is 1.91. The number of aliphatic hydroxyl groups excluding tert-OH is 1. The van der Waals surface area contributed by atoms with Gasteiger partial charge in [0.2, 0.25) is 5.91 Å². The van der Waals surface area contributed by atoms with E-state index < -0.39 is 28.7 Å². The van der Waals surface area contributed by atoms with Crippen LogP contribution >= 0.6 is 23.4 Å². The highest BCUT2D eigenvalue weighted by Crippen LogP contribution is 2.69. The molecule has 0 aliphatic carbocycles. The smallest absolute Gasteiger partial charge is 0.310 e. The summed E-state index contributed by atoms with van der Waals surface area (Å²) in [6.45, 7) is 13.8. The Morgan fingerprint density at radius 2 is 2.11 bits per heavy atom. The van der Waals surface area contributed by atoms with Gasteiger partial charge >= 0.3 is 5.97 Å². The maximum Gasteiger partial charge on any atom is 0.310 e. The van der Waals surface area contributed by atoms with E-state index in [1.807, 2.05) is 32.9 Å². The van der Waals surface area contributed by atoms with E-state index in [4.69, 9.17) is 16.3 Å². The number of aliphatic hydroxyl groups is 1. The predicted molar refractivity (Wildman–Crippen MR) is 151 cm³/mol. The second-order valence-corrected chi connectivity index (χ2v) is 12.8. The molecule has 3 aliphatic heterocycles. The summed E-state index contributed by atoms with van der Waals surface area (Å²) in [6.07, 6.45) is 3.09. The van der Waals surface area contributed by atoms with Crippen LogP contribution < -0.4 is 4.90 Å². The molecule has 1 aromatic carbocycles. The highest BCUT2D eigenvalue weighted by Gasteiger charge is 2.77. The van der Waals surface area contributed by atoms with Gasteiger partial charge in [0.05, 0.1) is 46.5 Å². The van der Waals surface area contributed by atoms with Crippen LogP contribution in [0.25, 0.3) is 0 Å². The zero-order valence-electron chi connectivity index (χ0n) is 22.9. The second-order valence-electron chi connectivity index (χ2n) is 10.8. The van der Waals surface area contributed by atoms with Crippen LogP contribution in [-0.2, 0) is 19.1 Å². The molecule has 1 N–H and O–H groups in total. The van der Waals surface area contributed by atoms with Crippen LogP contribution in [0, 0.1) is 30.6 Å². The summed E-state index contributed by atoms with van der Waals surface area (Å²) in [4.78, 5) is 45.7. The van der Waals surface area contributed by atoms with Gasteiger partial charge in [-0.05, 0) is 43.7 Å². The first-order valence-electron chi connectivity index (χ1n) is 13.5. The summed E-state index contributed by atoms with van der Waals surface area (Å²) in [5.74, 6) is -2.23. The van der Waals surface area contributed by atoms with Gasteiger partial charge in [0.15, 0.2) is 0 Å². The van der Waals surface area contributed by atoms with Gasteiger partial charge in [-0.2, -0.15) is 0 Å². The van der Waals surface area contributed by atoms with Crippen molar-refractivity contribution in [3.63, 3.8) is 0 Å². The number of benzene rings is 1. The predicted octanol–water partition coefficient (Wildman–Crippen LogP) is 4.47. The fourth-order valence-corrected chi connectivity index (χ4v) is 9.66. The molecule has 4 rings (SSSR count). The molecule has 9 heteroatoms. The molecule has 2 amide bonds. The largest absolute Gasteiger partial charge is 0.466 e. The van der Waals surface area contributed by atoms with Crippen molar-refractivity contribution in [3.8, 4) is 0 Å². The maximum atomic E-state index is 14.8. The first kappa shape index (κ1) is 29.0. The number of aryl methyl sites for hydroxylation is 1. The zero-order valence-corrected chi connectivity index (χ0v) is 24.4. The summed E-state index contributed by atoms with van der Waals surface area (Å²) in [5, 5.41) is 10.9. The first-order valence-corrected chi connectivity index (χ1v) is 14.8. The lowest BCUT2D eigenvalue weighted by atomic mass is 9.66. The Labute approximate surface area is 234 Å². The molecule has 0 radical (unpaired) electrons. The lowest BCUT2D eigenvalue weighted by Gasteiger charge is -2.43. The van der Waals surface area contributed by atoms with Gasteiger partial charge in [-0.3, -0.25) is 14.4 Å². The number of halogens is 1. The normalized spacial score (nSPS) is 31.2. The van der Waals surface area contributed by atoms with Gasteiger partial charge in [-0.25, -0.2) is 0 Å². The van der Waals surface area contributed by atoms with Crippen molar-refractivity contribution in [1.82, 2.24) is 4.90 Å². The van der Waals surface area contributed by atoms with Crippen LogP contribution in [0.1, 0.15) is 46.1 Å². The van der Waals surface area contributed by atoms with Gasteiger partial charge in [-0.15, -0.1) is 18.3 Å². The number of thioether (sulfide) groups is 1. The summed E-state index contributed by atoms with van der Waals surface area (Å²) in [5.41, 5.74) is 1.42. The number of amides is 2. The van der Waals surface area contributed by atoms with E-state index in [-0.39, 0.29) is 54.6 Å². The maximum absolute atomic E-state index is 14.8. The molecular formula is C29H39ClN2O5S. The number of carbonyl (C=O) groups is 3. The van der Waals surface area contributed by atoms with E-state index in [2.05, 4.69) is 13.5 Å². The third-order valence-corrected chi connectivity index (χ3v) is 11.2. The SMILES string of the molecule is C=CCN(C(=O)C1N([C@@H](CO)[C@@H](C)CC)C(=O)[C@@H]2[C@H](C(=O)OCC)[C@@H]3CC(C)C12S3)c1c(C)cccc1Cl. The lowest BCUT2D eigenvalue weighted by molar-refractivity contribution is -0.154. The molecule has 3 fully saturated rings. The Bertz CT molecular complexity index is 1090. The molecule has 7 nitrogen and oxygen atoms in total. The number of esters is 1. The van der Waals surface area contributed by atoms with E-state index >= 15 is 0 Å². The van der Waals surface area contributed by atoms with Crippen molar-refractivity contribution in [3.05, 3.63) is 41.4 Å². The number of anilines is 1. The zero-order chi connectivity index (χ0) is 27.9. The Kier molecular flexibility index (Phi) is 8.55. The Morgan fingerprint density at radius 3 is 2.68 bits per heavy atom. The van der Waals surface area contributed by atoms with Crippen LogP contribution in [0.3, 0.4) is 0 Å². The van der Waals surface area contributed by atoms with Gasteiger partial charge in [-0.1, -0.05) is 57.0 Å². The first-order chi connectivity index (χ1) is 18.1. The quantitative estimate of drug-likeness (QED) is 0.334. The number of nitrogens with zero attached hydrogens (tertiary/aromatic N) is 2. The van der Waals surface area contributed by atoms with Crippen molar-refractivity contribution in [1.29, 1.82) is 0 Å². The van der Waals surface area contributed by atoms with E-state index in [1.165, 1.54) is 0 Å². The van der Waals surface area contributed by atoms with Crippen LogP contribution in [0.4, 0.5) is 5.69 Å². The highest BCUT2D eigenvalue weighted by atomic mass is 35.5. The van der Waals surface area contributed by atoms with E-state index in [0.717, 1.165) is 18.4 Å². The molecule has 3 saturated heterocycles. The standard InChI is InChI=1S/C29H39ClN2O5S/c1-7-13-31(24-17(5)11-10-12-19(24)30)27(35)25-29-18(6)14-21(38-29)22(28(36)37-9-3)23(29)26(34)32(25)20(15-33)16(4)8-2/h7,10-12,16,18,20-23,25,33H,1,8-9,13-15H2,2-6H3/t16-,18?,20-,21-,22+,23-,25?,29?/m0/s1. The van der Waals surface area contributed by atoms with Crippen molar-refractivity contribution in [2.75, 3.05) is 24.7 Å².